The molecule has 2 N–H and O–H groups in total. The Bertz CT molecular complexity index is 1210. The van der Waals surface area contributed by atoms with Crippen LogP contribution in [0.15, 0.2) is 42.5 Å². The van der Waals surface area contributed by atoms with Gasteiger partial charge in [-0.15, -0.1) is 0 Å². The number of amides is 4. The molecule has 1 heterocycles. The molecule has 36 heavy (non-hydrogen) atoms. The molecule has 1 aliphatic rings. The first-order valence-corrected chi connectivity index (χ1v) is 11.2. The second-order valence-electron chi connectivity index (χ2n) is 8.35. The van der Waals surface area contributed by atoms with Crippen LogP contribution in [0, 0.1) is 0 Å². The Kier molecular flexibility index (Phi) is 7.98. The summed E-state index contributed by atoms with van der Waals surface area (Å²) in [5.74, 6) is -9.27. The fourth-order valence-electron chi connectivity index (χ4n) is 3.42. The molecule has 0 bridgehead atoms. The standard InChI is InChI=1S/C23H19B3ClF2N3O4/c1-2-22(25,26)20(35)31-18(33)17(24)32-11-13-9-12(3-8-16(13)19(32)34)10-30-21(36)23(28,29)14-4-6-15(27)7-5-14/h3-9,17H,2,10-11H2,1H3,(H,30,36)(H,31,33,35)/t17-/m1/s1. The highest BCUT2D eigenvalue weighted by atomic mass is 35.5. The van der Waals surface area contributed by atoms with Crippen molar-refractivity contribution in [3.8, 4) is 0 Å². The largest absolute Gasteiger partial charge is 0.349 e. The number of halogens is 3. The molecule has 4 amide bonds. The van der Waals surface area contributed by atoms with Crippen LogP contribution < -0.4 is 10.6 Å². The topological polar surface area (TPSA) is 95.6 Å². The second-order valence-corrected chi connectivity index (χ2v) is 8.78. The van der Waals surface area contributed by atoms with Crippen molar-refractivity contribution >= 4 is 58.8 Å². The molecule has 0 saturated heterocycles. The van der Waals surface area contributed by atoms with Gasteiger partial charge in [-0.1, -0.05) is 49.2 Å². The number of benzene rings is 2. The molecule has 13 heteroatoms. The van der Waals surface area contributed by atoms with Crippen molar-refractivity contribution in [2.24, 2.45) is 0 Å². The van der Waals surface area contributed by atoms with Crippen LogP contribution in [0.25, 0.3) is 0 Å². The Labute approximate surface area is 215 Å². The molecule has 0 unspecified atom stereocenters. The van der Waals surface area contributed by atoms with Crippen LogP contribution in [0.1, 0.15) is 40.4 Å². The Morgan fingerprint density at radius 3 is 2.36 bits per heavy atom. The lowest BCUT2D eigenvalue weighted by atomic mass is 9.52. The molecule has 2 aromatic rings. The molecule has 0 aliphatic carbocycles. The molecule has 0 fully saturated rings. The van der Waals surface area contributed by atoms with Crippen molar-refractivity contribution < 1.29 is 28.0 Å². The summed E-state index contributed by atoms with van der Waals surface area (Å²) in [6.07, 6.45) is 0.0559. The lowest BCUT2D eigenvalue weighted by Crippen LogP contribution is -2.51. The van der Waals surface area contributed by atoms with Gasteiger partial charge in [0.2, 0.25) is 11.8 Å². The Morgan fingerprint density at radius 2 is 1.75 bits per heavy atom. The maximum absolute atomic E-state index is 14.5. The maximum Gasteiger partial charge on any atom is 0.349 e. The highest BCUT2D eigenvalue weighted by Crippen LogP contribution is 2.30. The van der Waals surface area contributed by atoms with Gasteiger partial charge < -0.3 is 10.2 Å². The number of alkyl halides is 2. The molecule has 0 spiro atoms. The van der Waals surface area contributed by atoms with Crippen LogP contribution in [0.4, 0.5) is 8.78 Å². The number of fused-ring (bicyclic) bond motifs is 1. The molecule has 1 aliphatic heterocycles. The van der Waals surface area contributed by atoms with Crippen molar-refractivity contribution in [1.82, 2.24) is 15.5 Å². The zero-order valence-corrected chi connectivity index (χ0v) is 19.9. The number of carbonyl (C=O) groups is 4. The zero-order chi connectivity index (χ0) is 26.8. The lowest BCUT2D eigenvalue weighted by molar-refractivity contribution is -0.147. The van der Waals surface area contributed by atoms with E-state index in [4.69, 9.17) is 35.1 Å². The summed E-state index contributed by atoms with van der Waals surface area (Å²) >= 11 is 5.70. The van der Waals surface area contributed by atoms with Gasteiger partial charge in [0.25, 0.3) is 11.8 Å². The summed E-state index contributed by atoms with van der Waals surface area (Å²) in [5, 5.41) is 2.65. The van der Waals surface area contributed by atoms with Crippen LogP contribution in [0.2, 0.25) is 10.2 Å². The fourth-order valence-corrected chi connectivity index (χ4v) is 3.55. The van der Waals surface area contributed by atoms with Crippen molar-refractivity contribution in [3.63, 3.8) is 0 Å². The highest BCUT2D eigenvalue weighted by Gasteiger charge is 2.41. The monoisotopic (exact) mass is 507 g/mol. The molecule has 3 rings (SSSR count). The van der Waals surface area contributed by atoms with E-state index in [2.05, 4.69) is 5.32 Å². The first-order valence-electron chi connectivity index (χ1n) is 10.8. The average Bonchev–Trinajstić information content (AvgIpc) is 3.17. The third-order valence-electron chi connectivity index (χ3n) is 5.80. The molecule has 2 aromatic carbocycles. The normalized spacial score (nSPS) is 14.2. The highest BCUT2D eigenvalue weighted by molar-refractivity contribution is 6.51. The van der Waals surface area contributed by atoms with Crippen LogP contribution in [-0.2, 0) is 33.4 Å². The van der Waals surface area contributed by atoms with Gasteiger partial charge in [0.1, 0.15) is 7.85 Å². The number of imide groups is 1. The van der Waals surface area contributed by atoms with Gasteiger partial charge in [0.05, 0.1) is 21.6 Å². The van der Waals surface area contributed by atoms with Crippen LogP contribution in [-0.4, -0.2) is 58.0 Å². The van der Waals surface area contributed by atoms with E-state index >= 15 is 0 Å². The summed E-state index contributed by atoms with van der Waals surface area (Å²) in [5.41, 5.74) is 0.639. The van der Waals surface area contributed by atoms with Crippen molar-refractivity contribution in [1.29, 1.82) is 0 Å². The second kappa shape index (κ2) is 10.5. The molecule has 6 radical (unpaired) electrons. The number of nitrogens with zero attached hydrogens (tertiary/aromatic N) is 1. The summed E-state index contributed by atoms with van der Waals surface area (Å²) in [7, 11) is 17.1. The van der Waals surface area contributed by atoms with E-state index in [1.165, 1.54) is 30.3 Å². The number of carbonyl (C=O) groups excluding carboxylic acids is 4. The van der Waals surface area contributed by atoms with Crippen LogP contribution in [0.3, 0.4) is 0 Å². The van der Waals surface area contributed by atoms with Gasteiger partial charge >= 0.3 is 5.92 Å². The summed E-state index contributed by atoms with van der Waals surface area (Å²) in [6, 6.07) is 9.10. The Hall–Kier alpha value is -3.14. The third-order valence-corrected chi connectivity index (χ3v) is 6.05. The van der Waals surface area contributed by atoms with E-state index < -0.39 is 46.3 Å². The predicted molar refractivity (Wildman–Crippen MR) is 131 cm³/mol. The van der Waals surface area contributed by atoms with E-state index in [-0.39, 0.29) is 30.1 Å². The van der Waals surface area contributed by atoms with E-state index in [1.54, 1.807) is 6.92 Å². The molecule has 1 atom stereocenters. The molecule has 180 valence electrons. The van der Waals surface area contributed by atoms with E-state index in [1.807, 2.05) is 5.32 Å². The van der Waals surface area contributed by atoms with Gasteiger partial charge in [-0.2, -0.15) is 8.78 Å². The molecule has 0 saturated carbocycles. The molecule has 7 nitrogen and oxygen atoms in total. The predicted octanol–water partition coefficient (Wildman–Crippen LogP) is 1.70. The van der Waals surface area contributed by atoms with Crippen molar-refractivity contribution in [3.05, 3.63) is 69.7 Å². The number of nitrogens with one attached hydrogen (secondary N) is 2. The number of rotatable bonds is 8. The number of hydrogen-bond donors (Lipinski definition) is 2. The fraction of sp³-hybridized carbons (Fsp3) is 0.304. The Morgan fingerprint density at radius 1 is 1.11 bits per heavy atom. The summed E-state index contributed by atoms with van der Waals surface area (Å²) in [6.45, 7) is 1.24. The zero-order valence-electron chi connectivity index (χ0n) is 19.2. The first-order chi connectivity index (χ1) is 16.8. The summed E-state index contributed by atoms with van der Waals surface area (Å²) in [4.78, 5) is 50.3. The SMILES string of the molecule is [B][C@@H](C(=O)NC(=O)C([B])([B])CC)N1Cc2cc(CNC(=O)C(F)(F)c3ccc(Cl)cc3)ccc2C1=O. The van der Waals surface area contributed by atoms with Gasteiger partial charge in [-0.05, 0) is 34.5 Å². The molecular formula is C23H19B3ClF2N3O4. The van der Waals surface area contributed by atoms with Crippen LogP contribution >= 0.6 is 11.6 Å². The smallest absolute Gasteiger partial charge is 0.346 e. The minimum Gasteiger partial charge on any atom is -0.346 e. The summed E-state index contributed by atoms with van der Waals surface area (Å²) < 4.78 is 28.9. The van der Waals surface area contributed by atoms with Gasteiger partial charge in [-0.25, -0.2) is 0 Å². The van der Waals surface area contributed by atoms with Gasteiger partial charge in [0, 0.05) is 29.2 Å². The van der Waals surface area contributed by atoms with Crippen molar-refractivity contribution in [2.75, 3.05) is 0 Å². The van der Waals surface area contributed by atoms with E-state index in [9.17, 15) is 28.0 Å². The number of hydrogen-bond acceptors (Lipinski definition) is 4. The minimum atomic E-state index is -3.78. The van der Waals surface area contributed by atoms with Crippen molar-refractivity contribution in [2.45, 2.75) is 43.5 Å². The minimum absolute atomic E-state index is 0.0559. The van der Waals surface area contributed by atoms with Gasteiger partial charge in [-0.3, -0.25) is 24.5 Å². The molecule has 0 aromatic heterocycles. The van der Waals surface area contributed by atoms with Crippen LogP contribution in [0.5, 0.6) is 0 Å². The van der Waals surface area contributed by atoms with E-state index in [0.29, 0.717) is 11.1 Å². The first kappa shape index (κ1) is 27.5. The Balaban J connectivity index is 1.65. The lowest BCUT2D eigenvalue weighted by Gasteiger charge is -2.27. The maximum atomic E-state index is 14.5. The molecular weight excluding hydrogens is 488 g/mol. The quantitative estimate of drug-likeness (QED) is 0.532. The average molecular weight is 507 g/mol. The van der Waals surface area contributed by atoms with Gasteiger partial charge in [0.15, 0.2) is 0 Å². The van der Waals surface area contributed by atoms with E-state index in [0.717, 1.165) is 17.0 Å². The third kappa shape index (κ3) is 5.64.